The van der Waals surface area contributed by atoms with E-state index in [1.807, 2.05) is 0 Å². The second-order valence-corrected chi connectivity index (χ2v) is 1.27. The van der Waals surface area contributed by atoms with E-state index >= 15 is 0 Å². The van der Waals surface area contributed by atoms with Gasteiger partial charge in [-0.2, -0.15) is 0 Å². The highest BCUT2D eigenvalue weighted by Crippen LogP contribution is 1.81. The van der Waals surface area contributed by atoms with E-state index < -0.39 is 0 Å². The van der Waals surface area contributed by atoms with Crippen molar-refractivity contribution in [1.29, 1.82) is 0 Å². The van der Waals surface area contributed by atoms with Crippen molar-refractivity contribution in [3.63, 3.8) is 0 Å². The molecule has 0 bridgehead atoms. The van der Waals surface area contributed by atoms with Gasteiger partial charge in [0.2, 0.25) is 0 Å². The molecular weight excluding hydrogens is 76.1 g/mol. The minimum atomic E-state index is 0.951. The summed E-state index contributed by atoms with van der Waals surface area (Å²) in [6.45, 7) is 4.66. The lowest BCUT2D eigenvalue weighted by atomic mass is 10.4. The standard InChI is InChI=1S/C4H7N2/c1-2-5-4-6-3-1/h5H,1-3H2. The number of nitrogens with zero attached hydrogens (tertiary/aromatic N) is 1. The average molecular weight is 83.1 g/mol. The van der Waals surface area contributed by atoms with Crippen molar-refractivity contribution >= 4 is 0 Å². The number of nitrogens with one attached hydrogen (secondary N) is 1. The SMILES string of the molecule is [C]1[N]CCCN1. The summed E-state index contributed by atoms with van der Waals surface area (Å²) in [6, 6.07) is 0. The fraction of sp³-hybridized carbons (Fsp3) is 0.750. The zero-order valence-corrected chi connectivity index (χ0v) is 3.57. The van der Waals surface area contributed by atoms with Gasteiger partial charge in [0.1, 0.15) is 0 Å². The first-order chi connectivity index (χ1) is 3.00. The summed E-state index contributed by atoms with van der Waals surface area (Å²) >= 11 is 0. The van der Waals surface area contributed by atoms with Gasteiger partial charge in [-0.25, -0.2) is 5.32 Å². The molecule has 1 aliphatic rings. The molecule has 0 saturated carbocycles. The molecule has 0 aliphatic carbocycles. The normalized spacial score (nSPS) is 24.0. The molecule has 0 amide bonds. The summed E-state index contributed by atoms with van der Waals surface area (Å²) in [6.07, 6.45) is 1.16. The molecule has 0 atom stereocenters. The monoisotopic (exact) mass is 83.1 g/mol. The molecule has 0 aromatic rings. The molecule has 1 aliphatic heterocycles. The van der Waals surface area contributed by atoms with Gasteiger partial charge in [-0.1, -0.05) is 0 Å². The quantitative estimate of drug-likeness (QED) is 0.423. The first-order valence-electron chi connectivity index (χ1n) is 2.14. The number of rotatable bonds is 0. The van der Waals surface area contributed by atoms with Crippen molar-refractivity contribution in [3.8, 4) is 0 Å². The summed E-state index contributed by atoms with van der Waals surface area (Å²) in [4.78, 5) is 0. The Kier molecular flexibility index (Phi) is 1.47. The maximum Gasteiger partial charge on any atom is 0.158 e. The summed E-state index contributed by atoms with van der Waals surface area (Å²) < 4.78 is 0. The van der Waals surface area contributed by atoms with Crippen LogP contribution in [0.25, 0.3) is 0 Å². The zero-order valence-electron chi connectivity index (χ0n) is 3.57. The predicted molar refractivity (Wildman–Crippen MR) is 22.9 cm³/mol. The Balaban J connectivity index is 2.00. The first kappa shape index (κ1) is 4.09. The van der Waals surface area contributed by atoms with Gasteiger partial charge in [0.05, 0.1) is 0 Å². The van der Waals surface area contributed by atoms with Crippen molar-refractivity contribution in [1.82, 2.24) is 10.6 Å². The van der Waals surface area contributed by atoms with Crippen LogP contribution in [0.15, 0.2) is 0 Å². The van der Waals surface area contributed by atoms with E-state index in [0.29, 0.717) is 0 Å². The van der Waals surface area contributed by atoms with Gasteiger partial charge < -0.3 is 0 Å². The van der Waals surface area contributed by atoms with Crippen LogP contribution in [-0.4, -0.2) is 13.1 Å². The van der Waals surface area contributed by atoms with E-state index in [-0.39, 0.29) is 0 Å². The smallest absolute Gasteiger partial charge is 0.158 e. The lowest BCUT2D eigenvalue weighted by Crippen LogP contribution is -2.27. The van der Waals surface area contributed by atoms with Gasteiger partial charge >= 0.3 is 0 Å². The Labute approximate surface area is 37.9 Å². The highest BCUT2D eigenvalue weighted by Gasteiger charge is 1.95. The summed E-state index contributed by atoms with van der Waals surface area (Å²) in [5.41, 5.74) is 0. The zero-order chi connectivity index (χ0) is 4.24. The molecule has 0 spiro atoms. The minimum absolute atomic E-state index is 0.951. The molecule has 1 heterocycles. The van der Waals surface area contributed by atoms with E-state index in [2.05, 4.69) is 17.3 Å². The molecule has 2 nitrogen and oxygen atoms in total. The van der Waals surface area contributed by atoms with Crippen LogP contribution in [0, 0.1) is 6.67 Å². The number of hydrogen-bond donors (Lipinski definition) is 1. The first-order valence-corrected chi connectivity index (χ1v) is 2.14. The Morgan fingerprint density at radius 1 is 1.67 bits per heavy atom. The summed E-state index contributed by atoms with van der Waals surface area (Å²) in [5.74, 6) is 0. The Morgan fingerprint density at radius 3 is 2.83 bits per heavy atom. The van der Waals surface area contributed by atoms with Crippen molar-refractivity contribution in [3.05, 3.63) is 6.67 Å². The van der Waals surface area contributed by atoms with Gasteiger partial charge in [0.15, 0.2) is 6.67 Å². The van der Waals surface area contributed by atoms with Crippen molar-refractivity contribution in [2.24, 2.45) is 0 Å². The maximum absolute atomic E-state index is 3.82. The lowest BCUT2D eigenvalue weighted by molar-refractivity contribution is 0.556. The molecule has 33 valence electrons. The molecule has 0 aromatic carbocycles. The minimum Gasteiger partial charge on any atom is -0.292 e. The van der Waals surface area contributed by atoms with E-state index in [1.54, 1.807) is 0 Å². The van der Waals surface area contributed by atoms with E-state index in [0.717, 1.165) is 19.5 Å². The fourth-order valence-corrected chi connectivity index (χ4v) is 0.414. The molecule has 1 rings (SSSR count). The molecule has 1 N–H and O–H groups in total. The third kappa shape index (κ3) is 0.954. The van der Waals surface area contributed by atoms with Crippen molar-refractivity contribution in [2.45, 2.75) is 6.42 Å². The molecule has 0 aromatic heterocycles. The molecule has 1 fully saturated rings. The van der Waals surface area contributed by atoms with Crippen LogP contribution < -0.4 is 10.6 Å². The van der Waals surface area contributed by atoms with Crippen LogP contribution in [0.4, 0.5) is 0 Å². The predicted octanol–water partition coefficient (Wildman–Crippen LogP) is -0.420. The van der Waals surface area contributed by atoms with E-state index in [1.165, 1.54) is 0 Å². The second kappa shape index (κ2) is 2.16. The van der Waals surface area contributed by atoms with Crippen LogP contribution in [0.3, 0.4) is 0 Å². The van der Waals surface area contributed by atoms with Crippen LogP contribution in [-0.2, 0) is 0 Å². The van der Waals surface area contributed by atoms with Gasteiger partial charge in [-0.3, -0.25) is 5.32 Å². The second-order valence-electron chi connectivity index (χ2n) is 1.27. The Bertz CT molecular complexity index is 21.0. The highest BCUT2D eigenvalue weighted by molar-refractivity contribution is 4.64. The summed E-state index contributed by atoms with van der Waals surface area (Å²) in [7, 11) is 0. The largest absolute Gasteiger partial charge is 0.292 e. The van der Waals surface area contributed by atoms with Crippen LogP contribution in [0.1, 0.15) is 6.42 Å². The Morgan fingerprint density at radius 2 is 2.67 bits per heavy atom. The molecule has 1 saturated heterocycles. The molecule has 0 unspecified atom stereocenters. The van der Waals surface area contributed by atoms with Crippen molar-refractivity contribution in [2.75, 3.05) is 13.1 Å². The van der Waals surface area contributed by atoms with Crippen LogP contribution in [0.2, 0.25) is 0 Å². The topological polar surface area (TPSA) is 26.1 Å². The third-order valence-corrected chi connectivity index (χ3v) is 0.730. The highest BCUT2D eigenvalue weighted by atomic mass is 15.1. The van der Waals surface area contributed by atoms with Crippen LogP contribution in [0.5, 0.6) is 0 Å². The lowest BCUT2D eigenvalue weighted by Gasteiger charge is -2.07. The Hall–Kier alpha value is -0.0800. The molecular formula is C4H7N2. The van der Waals surface area contributed by atoms with Crippen LogP contribution >= 0.6 is 0 Å². The molecule has 6 heavy (non-hydrogen) atoms. The maximum atomic E-state index is 3.82. The van der Waals surface area contributed by atoms with Gasteiger partial charge in [0.25, 0.3) is 0 Å². The van der Waals surface area contributed by atoms with E-state index in [4.69, 9.17) is 0 Å². The number of hydrogen-bond acceptors (Lipinski definition) is 1. The average Bonchev–Trinajstić information content (AvgIpc) is 1.72. The van der Waals surface area contributed by atoms with Crippen molar-refractivity contribution < 1.29 is 0 Å². The van der Waals surface area contributed by atoms with Gasteiger partial charge in [0, 0.05) is 6.54 Å². The molecule has 3 radical (unpaired) electrons. The van der Waals surface area contributed by atoms with Gasteiger partial charge in [-0.15, -0.1) is 0 Å². The van der Waals surface area contributed by atoms with E-state index in [9.17, 15) is 0 Å². The fourth-order valence-electron chi connectivity index (χ4n) is 0.414. The third-order valence-electron chi connectivity index (χ3n) is 0.730. The summed E-state index contributed by atoms with van der Waals surface area (Å²) in [5, 5.41) is 6.68. The molecule has 2 heteroatoms. The van der Waals surface area contributed by atoms with Gasteiger partial charge in [-0.05, 0) is 13.0 Å².